The summed E-state index contributed by atoms with van der Waals surface area (Å²) in [6.07, 6.45) is 0.837. The number of benzene rings is 1. The Morgan fingerprint density at radius 1 is 1.29 bits per heavy atom. The van der Waals surface area contributed by atoms with Crippen molar-refractivity contribution in [3.05, 3.63) is 45.7 Å². The molecule has 0 radical (unpaired) electrons. The molecule has 1 aromatic heterocycles. The van der Waals surface area contributed by atoms with Crippen LogP contribution in [0.25, 0.3) is 5.69 Å². The van der Waals surface area contributed by atoms with E-state index in [0.717, 1.165) is 28.9 Å². The molecule has 1 aromatic carbocycles. The topological polar surface area (TPSA) is 34.9 Å². The van der Waals surface area contributed by atoms with Crippen LogP contribution in [-0.2, 0) is 0 Å². The third kappa shape index (κ3) is 1.98. The third-order valence-corrected chi connectivity index (χ3v) is 3.27. The molecule has 0 saturated heterocycles. The van der Waals surface area contributed by atoms with Crippen LogP contribution in [0.15, 0.2) is 18.2 Å². The van der Waals surface area contributed by atoms with Crippen LogP contribution < -0.4 is 0 Å². The van der Waals surface area contributed by atoms with Crippen molar-refractivity contribution in [3.8, 4) is 5.69 Å². The van der Waals surface area contributed by atoms with Crippen molar-refractivity contribution >= 4 is 17.9 Å². The van der Waals surface area contributed by atoms with Crippen LogP contribution in [0.3, 0.4) is 0 Å². The molecule has 4 heteroatoms. The van der Waals surface area contributed by atoms with Crippen LogP contribution >= 0.6 is 11.6 Å². The summed E-state index contributed by atoms with van der Waals surface area (Å²) in [5.74, 6) is 0. The molecule has 0 fully saturated rings. The van der Waals surface area contributed by atoms with Gasteiger partial charge in [-0.15, -0.1) is 0 Å². The lowest BCUT2D eigenvalue weighted by Gasteiger charge is -2.06. The zero-order chi connectivity index (χ0) is 12.6. The molecule has 0 spiro atoms. The molecule has 0 atom stereocenters. The summed E-state index contributed by atoms with van der Waals surface area (Å²) < 4.78 is 1.74. The van der Waals surface area contributed by atoms with Crippen molar-refractivity contribution in [2.75, 3.05) is 0 Å². The van der Waals surface area contributed by atoms with Crippen LogP contribution in [0.5, 0.6) is 0 Å². The van der Waals surface area contributed by atoms with Gasteiger partial charge in [0.25, 0.3) is 0 Å². The lowest BCUT2D eigenvalue weighted by molar-refractivity contribution is 0.112. The van der Waals surface area contributed by atoms with E-state index < -0.39 is 0 Å². The van der Waals surface area contributed by atoms with Gasteiger partial charge < -0.3 is 0 Å². The number of hydrogen-bond donors (Lipinski definition) is 0. The summed E-state index contributed by atoms with van der Waals surface area (Å²) in [7, 11) is 0. The summed E-state index contributed by atoms with van der Waals surface area (Å²) >= 11 is 6.09. The van der Waals surface area contributed by atoms with Crippen LogP contribution in [0.2, 0.25) is 5.02 Å². The lowest BCUT2D eigenvalue weighted by atomic mass is 10.2. The highest BCUT2D eigenvalue weighted by Crippen LogP contribution is 2.21. The maximum atomic E-state index is 10.9. The molecule has 0 saturated carbocycles. The highest BCUT2D eigenvalue weighted by Gasteiger charge is 2.12. The quantitative estimate of drug-likeness (QED) is 0.765. The number of carbonyl (C=O) groups excluding carboxylic acids is 1. The van der Waals surface area contributed by atoms with E-state index in [0.29, 0.717) is 10.6 Å². The maximum absolute atomic E-state index is 10.9. The minimum absolute atomic E-state index is 0.640. The molecule has 0 N–H and O–H groups in total. The third-order valence-electron chi connectivity index (χ3n) is 2.87. The van der Waals surface area contributed by atoms with Crippen LogP contribution in [0, 0.1) is 20.8 Å². The van der Waals surface area contributed by atoms with Gasteiger partial charge in [0.05, 0.1) is 22.6 Å². The highest BCUT2D eigenvalue weighted by molar-refractivity contribution is 6.31. The van der Waals surface area contributed by atoms with Gasteiger partial charge >= 0.3 is 0 Å². The molecule has 2 rings (SSSR count). The Balaban J connectivity index is 2.60. The van der Waals surface area contributed by atoms with E-state index in [-0.39, 0.29) is 0 Å². The second-order valence-corrected chi connectivity index (χ2v) is 4.45. The van der Waals surface area contributed by atoms with Crippen molar-refractivity contribution in [3.63, 3.8) is 0 Å². The largest absolute Gasteiger partial charge is 0.298 e. The first-order valence-corrected chi connectivity index (χ1v) is 5.70. The normalized spacial score (nSPS) is 10.6. The van der Waals surface area contributed by atoms with E-state index in [1.165, 1.54) is 0 Å². The van der Waals surface area contributed by atoms with Crippen molar-refractivity contribution in [2.24, 2.45) is 0 Å². The number of aryl methyl sites for hydroxylation is 2. The summed E-state index contributed by atoms with van der Waals surface area (Å²) in [6, 6.07) is 5.73. The fourth-order valence-electron chi connectivity index (χ4n) is 1.79. The van der Waals surface area contributed by atoms with E-state index in [1.54, 1.807) is 4.68 Å². The van der Waals surface area contributed by atoms with E-state index in [1.807, 2.05) is 39.0 Å². The lowest BCUT2D eigenvalue weighted by Crippen LogP contribution is -1.99. The van der Waals surface area contributed by atoms with E-state index in [9.17, 15) is 4.79 Å². The smallest absolute Gasteiger partial charge is 0.153 e. The van der Waals surface area contributed by atoms with Crippen molar-refractivity contribution < 1.29 is 4.79 Å². The molecule has 88 valence electrons. The number of halogens is 1. The Labute approximate surface area is 105 Å². The van der Waals surface area contributed by atoms with Gasteiger partial charge in [0.2, 0.25) is 0 Å². The predicted octanol–water partition coefficient (Wildman–Crippen LogP) is 3.26. The Morgan fingerprint density at radius 3 is 2.53 bits per heavy atom. The summed E-state index contributed by atoms with van der Waals surface area (Å²) in [5.41, 5.74) is 4.09. The van der Waals surface area contributed by atoms with Gasteiger partial charge in [-0.25, -0.2) is 4.68 Å². The number of aldehydes is 1. The van der Waals surface area contributed by atoms with Gasteiger partial charge in [0, 0.05) is 5.02 Å². The average Bonchev–Trinajstić information content (AvgIpc) is 2.58. The van der Waals surface area contributed by atoms with Crippen molar-refractivity contribution in [1.82, 2.24) is 9.78 Å². The minimum atomic E-state index is 0.640. The fraction of sp³-hybridized carbons (Fsp3) is 0.231. The van der Waals surface area contributed by atoms with E-state index >= 15 is 0 Å². The second kappa shape index (κ2) is 4.34. The average molecular weight is 249 g/mol. The number of rotatable bonds is 2. The maximum Gasteiger partial charge on any atom is 0.153 e. The Hall–Kier alpha value is -1.61. The molecule has 0 unspecified atom stereocenters. The van der Waals surface area contributed by atoms with Gasteiger partial charge in [-0.2, -0.15) is 5.10 Å². The Morgan fingerprint density at radius 2 is 2.00 bits per heavy atom. The molecule has 2 aromatic rings. The number of hydrogen-bond acceptors (Lipinski definition) is 2. The molecule has 0 aliphatic rings. The SMILES string of the molecule is Cc1ccc(-n2nc(C)c(C=O)c2C)cc1Cl. The summed E-state index contributed by atoms with van der Waals surface area (Å²) in [5, 5.41) is 5.05. The predicted molar refractivity (Wildman–Crippen MR) is 68.2 cm³/mol. The van der Waals surface area contributed by atoms with Gasteiger partial charge in [-0.3, -0.25) is 4.79 Å². The van der Waals surface area contributed by atoms with Crippen LogP contribution in [0.1, 0.15) is 27.3 Å². The van der Waals surface area contributed by atoms with Gasteiger partial charge in [-0.1, -0.05) is 17.7 Å². The highest BCUT2D eigenvalue weighted by atomic mass is 35.5. The van der Waals surface area contributed by atoms with Gasteiger partial charge in [-0.05, 0) is 38.5 Å². The molecular formula is C13H13ClN2O. The van der Waals surface area contributed by atoms with Gasteiger partial charge in [0.1, 0.15) is 0 Å². The van der Waals surface area contributed by atoms with E-state index in [4.69, 9.17) is 11.6 Å². The standard InChI is InChI=1S/C13H13ClN2O/c1-8-4-5-11(6-13(8)14)16-10(3)12(7-17)9(2)15-16/h4-7H,1-3H3. The molecule has 0 bridgehead atoms. The number of carbonyl (C=O) groups is 1. The molecule has 1 heterocycles. The zero-order valence-corrected chi connectivity index (χ0v) is 10.7. The van der Waals surface area contributed by atoms with Crippen molar-refractivity contribution in [1.29, 1.82) is 0 Å². The molecule has 0 aliphatic heterocycles. The Kier molecular flexibility index (Phi) is 3.03. The number of nitrogens with zero attached hydrogens (tertiary/aromatic N) is 2. The van der Waals surface area contributed by atoms with Crippen LogP contribution in [0.4, 0.5) is 0 Å². The van der Waals surface area contributed by atoms with Crippen molar-refractivity contribution in [2.45, 2.75) is 20.8 Å². The second-order valence-electron chi connectivity index (χ2n) is 4.05. The summed E-state index contributed by atoms with van der Waals surface area (Å²) in [6.45, 7) is 5.64. The first kappa shape index (κ1) is 11.9. The first-order valence-electron chi connectivity index (χ1n) is 5.32. The summed E-state index contributed by atoms with van der Waals surface area (Å²) in [4.78, 5) is 10.9. The molecule has 0 amide bonds. The molecule has 3 nitrogen and oxygen atoms in total. The minimum Gasteiger partial charge on any atom is -0.298 e. The zero-order valence-electron chi connectivity index (χ0n) is 9.99. The van der Waals surface area contributed by atoms with Gasteiger partial charge in [0.15, 0.2) is 6.29 Å². The van der Waals surface area contributed by atoms with E-state index in [2.05, 4.69) is 5.10 Å². The fourth-order valence-corrected chi connectivity index (χ4v) is 1.97. The molecule has 0 aliphatic carbocycles. The molecule has 17 heavy (non-hydrogen) atoms. The first-order chi connectivity index (χ1) is 8.04. The molecular weight excluding hydrogens is 236 g/mol. The Bertz CT molecular complexity index is 587. The monoisotopic (exact) mass is 248 g/mol. The number of aromatic nitrogens is 2. The van der Waals surface area contributed by atoms with Crippen LogP contribution in [-0.4, -0.2) is 16.1 Å².